The van der Waals surface area contributed by atoms with Gasteiger partial charge in [-0.3, -0.25) is 4.79 Å². The van der Waals surface area contributed by atoms with Crippen LogP contribution in [0.25, 0.3) is 0 Å². The zero-order valence-corrected chi connectivity index (χ0v) is 20.1. The van der Waals surface area contributed by atoms with Crippen LogP contribution < -0.4 is 4.72 Å². The quantitative estimate of drug-likeness (QED) is 0.653. The van der Waals surface area contributed by atoms with Crippen LogP contribution in [0.15, 0.2) is 17.0 Å². The Morgan fingerprint density at radius 1 is 0.935 bits per heavy atom. The largest absolute Gasteiger partial charge is 0.337 e. The van der Waals surface area contributed by atoms with Gasteiger partial charge in [0.2, 0.25) is 10.0 Å². The summed E-state index contributed by atoms with van der Waals surface area (Å²) in [5.41, 5.74) is 0.197. The summed E-state index contributed by atoms with van der Waals surface area (Å²) in [6, 6.07) is 2.66. The predicted octanol–water partition coefficient (Wildman–Crippen LogP) is 4.16. The minimum atomic E-state index is -3.78. The Morgan fingerprint density at radius 2 is 1.68 bits per heavy atom. The summed E-state index contributed by atoms with van der Waals surface area (Å²) >= 11 is 12.5. The van der Waals surface area contributed by atoms with Crippen molar-refractivity contribution in [3.8, 4) is 0 Å². The highest BCUT2D eigenvalue weighted by molar-refractivity contribution is 7.89. The van der Waals surface area contributed by atoms with Crippen molar-refractivity contribution >= 4 is 39.1 Å². The smallest absolute Gasteiger partial charge is 0.255 e. The van der Waals surface area contributed by atoms with Gasteiger partial charge in [0.05, 0.1) is 15.6 Å². The molecule has 31 heavy (non-hydrogen) atoms. The van der Waals surface area contributed by atoms with E-state index in [0.717, 1.165) is 44.8 Å². The lowest BCUT2D eigenvalue weighted by Gasteiger charge is -2.29. The molecule has 3 aliphatic rings. The first-order valence-electron chi connectivity index (χ1n) is 11.4. The number of halogens is 2. The van der Waals surface area contributed by atoms with Crippen molar-refractivity contribution in [3.05, 3.63) is 27.7 Å². The van der Waals surface area contributed by atoms with Crippen LogP contribution in [0.4, 0.5) is 0 Å². The van der Waals surface area contributed by atoms with Crippen molar-refractivity contribution in [2.45, 2.75) is 62.3 Å². The van der Waals surface area contributed by atoms with Crippen LogP contribution in [0.2, 0.25) is 10.0 Å². The van der Waals surface area contributed by atoms with Gasteiger partial charge in [0.1, 0.15) is 4.90 Å². The van der Waals surface area contributed by atoms with Gasteiger partial charge >= 0.3 is 0 Å². The Balaban J connectivity index is 1.45. The molecule has 0 aromatic heterocycles. The maximum Gasteiger partial charge on any atom is 0.255 e. The normalized spacial score (nSPS) is 21.8. The minimum Gasteiger partial charge on any atom is -0.337 e. The van der Waals surface area contributed by atoms with Crippen molar-refractivity contribution in [1.29, 1.82) is 0 Å². The van der Waals surface area contributed by atoms with Crippen molar-refractivity contribution < 1.29 is 13.2 Å². The highest BCUT2D eigenvalue weighted by atomic mass is 35.5. The zero-order chi connectivity index (χ0) is 22.0. The molecule has 3 fully saturated rings. The Bertz CT molecular complexity index is 915. The number of nitrogens with one attached hydrogen (secondary N) is 1. The molecule has 1 aromatic carbocycles. The van der Waals surface area contributed by atoms with Crippen LogP contribution in [0.5, 0.6) is 0 Å². The molecular weight excluding hydrogens is 457 g/mol. The van der Waals surface area contributed by atoms with Crippen molar-refractivity contribution in [2.24, 2.45) is 5.92 Å². The molecule has 4 rings (SSSR count). The third-order valence-electron chi connectivity index (χ3n) is 6.56. The summed E-state index contributed by atoms with van der Waals surface area (Å²) in [6.07, 6.45) is 9.19. The summed E-state index contributed by atoms with van der Waals surface area (Å²) in [6.45, 7) is 4.19. The van der Waals surface area contributed by atoms with E-state index >= 15 is 0 Å². The second kappa shape index (κ2) is 9.96. The van der Waals surface area contributed by atoms with Gasteiger partial charge in [-0.2, -0.15) is 0 Å². The summed E-state index contributed by atoms with van der Waals surface area (Å²) < 4.78 is 28.0. The molecule has 2 aliphatic carbocycles. The maximum atomic E-state index is 13.3. The van der Waals surface area contributed by atoms with E-state index in [1.54, 1.807) is 4.90 Å². The van der Waals surface area contributed by atoms with Gasteiger partial charge in [-0.05, 0) is 56.7 Å². The molecule has 1 aliphatic heterocycles. The average molecular weight is 488 g/mol. The Morgan fingerprint density at radius 3 is 2.39 bits per heavy atom. The molecule has 9 heteroatoms. The van der Waals surface area contributed by atoms with Gasteiger partial charge < -0.3 is 9.80 Å². The SMILES string of the molecule is O=C(c1cc(S(=O)(=O)NC2CC2)c(Cl)cc1Cl)N1CCCN(CC2CCCCC2)CC1. The van der Waals surface area contributed by atoms with Crippen LogP contribution in [0, 0.1) is 5.92 Å². The van der Waals surface area contributed by atoms with Crippen LogP contribution in [0.1, 0.15) is 61.7 Å². The van der Waals surface area contributed by atoms with Crippen LogP contribution in [0.3, 0.4) is 0 Å². The van der Waals surface area contributed by atoms with Crippen LogP contribution in [-0.2, 0) is 10.0 Å². The molecule has 0 bridgehead atoms. The number of benzene rings is 1. The molecular formula is C22H31Cl2N3O3S. The van der Waals surface area contributed by atoms with Gasteiger partial charge in [-0.15, -0.1) is 0 Å². The monoisotopic (exact) mass is 487 g/mol. The molecule has 0 spiro atoms. The number of hydrogen-bond donors (Lipinski definition) is 1. The molecule has 6 nitrogen and oxygen atoms in total. The number of hydrogen-bond acceptors (Lipinski definition) is 4. The number of nitrogens with zero attached hydrogens (tertiary/aromatic N) is 2. The molecule has 1 heterocycles. The van der Waals surface area contributed by atoms with Gasteiger partial charge in [-0.25, -0.2) is 13.1 Å². The molecule has 1 amide bonds. The van der Waals surface area contributed by atoms with E-state index in [9.17, 15) is 13.2 Å². The second-order valence-electron chi connectivity index (χ2n) is 9.11. The first-order chi connectivity index (χ1) is 14.8. The maximum absolute atomic E-state index is 13.3. The molecule has 1 saturated heterocycles. The fourth-order valence-corrected chi connectivity index (χ4v) is 6.80. The summed E-state index contributed by atoms with van der Waals surface area (Å²) in [4.78, 5) is 17.4. The van der Waals surface area contributed by atoms with E-state index in [2.05, 4.69) is 9.62 Å². The van der Waals surface area contributed by atoms with E-state index in [1.807, 2.05) is 0 Å². The highest BCUT2D eigenvalue weighted by Crippen LogP contribution is 2.31. The van der Waals surface area contributed by atoms with Crippen molar-refractivity contribution in [1.82, 2.24) is 14.5 Å². The number of amides is 1. The number of carbonyl (C=O) groups excluding carboxylic acids is 1. The third-order valence-corrected chi connectivity index (χ3v) is 8.86. The Kier molecular flexibility index (Phi) is 7.48. The van der Waals surface area contributed by atoms with E-state index in [1.165, 1.54) is 44.2 Å². The first kappa shape index (κ1) is 23.3. The summed E-state index contributed by atoms with van der Waals surface area (Å²) in [5, 5.41) is 0.216. The minimum absolute atomic E-state index is 0.0317. The highest BCUT2D eigenvalue weighted by Gasteiger charge is 2.31. The molecule has 0 unspecified atom stereocenters. The summed E-state index contributed by atoms with van der Waals surface area (Å²) in [5.74, 6) is 0.539. The lowest BCUT2D eigenvalue weighted by molar-refractivity contribution is 0.0760. The molecule has 0 atom stereocenters. The van der Waals surface area contributed by atoms with Crippen molar-refractivity contribution in [2.75, 3.05) is 32.7 Å². The topological polar surface area (TPSA) is 69.7 Å². The fourth-order valence-electron chi connectivity index (χ4n) is 4.64. The molecule has 2 saturated carbocycles. The number of sulfonamides is 1. The number of carbonyl (C=O) groups is 1. The lowest BCUT2D eigenvalue weighted by atomic mass is 9.89. The van der Waals surface area contributed by atoms with E-state index < -0.39 is 10.0 Å². The third kappa shape index (κ3) is 5.93. The fraction of sp³-hybridized carbons (Fsp3) is 0.682. The van der Waals surface area contributed by atoms with Gasteiger partial charge in [0.25, 0.3) is 5.91 Å². The van der Waals surface area contributed by atoms with Gasteiger partial charge in [0, 0.05) is 32.2 Å². The summed E-state index contributed by atoms with van der Waals surface area (Å²) in [7, 11) is -3.78. The Labute approximate surface area is 195 Å². The van der Waals surface area contributed by atoms with Gasteiger partial charge in [0.15, 0.2) is 0 Å². The van der Waals surface area contributed by atoms with Crippen LogP contribution >= 0.6 is 23.2 Å². The second-order valence-corrected chi connectivity index (χ2v) is 11.6. The van der Waals surface area contributed by atoms with E-state index in [4.69, 9.17) is 23.2 Å². The zero-order valence-electron chi connectivity index (χ0n) is 17.8. The molecule has 172 valence electrons. The molecule has 0 radical (unpaired) electrons. The number of rotatable bonds is 6. The standard InChI is InChI=1S/C22H31Cl2N3O3S/c23-19-14-20(24)21(31(29,30)25-17-7-8-17)13-18(19)22(28)27-10-4-9-26(11-12-27)15-16-5-2-1-3-6-16/h13-14,16-17,25H,1-12,15H2. The molecule has 1 aromatic rings. The van der Waals surface area contributed by atoms with E-state index in [-0.39, 0.29) is 32.5 Å². The van der Waals surface area contributed by atoms with Gasteiger partial charge in [-0.1, -0.05) is 42.5 Å². The van der Waals surface area contributed by atoms with Crippen LogP contribution in [-0.4, -0.2) is 62.9 Å². The van der Waals surface area contributed by atoms with Crippen molar-refractivity contribution in [3.63, 3.8) is 0 Å². The average Bonchev–Trinajstić information content (AvgIpc) is 3.55. The Hall–Kier alpha value is -0.860. The first-order valence-corrected chi connectivity index (χ1v) is 13.6. The van der Waals surface area contributed by atoms with E-state index in [0.29, 0.717) is 13.1 Å². The lowest BCUT2D eigenvalue weighted by Crippen LogP contribution is -2.37. The predicted molar refractivity (Wildman–Crippen MR) is 123 cm³/mol. The molecule has 1 N–H and O–H groups in total.